The Morgan fingerprint density at radius 1 is 1.22 bits per heavy atom. The zero-order valence-electron chi connectivity index (χ0n) is 12.9. The normalized spacial score (nSPS) is 15.1. The number of allylic oxidation sites excluding steroid dienone is 1. The van der Waals surface area contributed by atoms with Gasteiger partial charge in [-0.2, -0.15) is 0 Å². The molecule has 118 valence electrons. The number of aromatic amines is 1. The molecule has 0 unspecified atom stereocenters. The van der Waals surface area contributed by atoms with E-state index in [1.807, 2.05) is 18.2 Å². The van der Waals surface area contributed by atoms with Gasteiger partial charge in [-0.1, -0.05) is 23.3 Å². The molecule has 0 saturated carbocycles. The zero-order chi connectivity index (χ0) is 15.6. The van der Waals surface area contributed by atoms with Gasteiger partial charge >= 0.3 is 0 Å². The summed E-state index contributed by atoms with van der Waals surface area (Å²) in [5, 5.41) is 5.21. The van der Waals surface area contributed by atoms with Gasteiger partial charge in [-0.15, -0.1) is 0 Å². The maximum atomic E-state index is 6.11. The Morgan fingerprint density at radius 3 is 3.04 bits per heavy atom. The van der Waals surface area contributed by atoms with E-state index in [4.69, 9.17) is 11.6 Å². The highest BCUT2D eigenvalue weighted by Gasteiger charge is 2.11. The third-order valence-electron chi connectivity index (χ3n) is 4.47. The van der Waals surface area contributed by atoms with Gasteiger partial charge in [-0.25, -0.2) is 9.97 Å². The lowest BCUT2D eigenvalue weighted by atomic mass is 9.97. The van der Waals surface area contributed by atoms with Gasteiger partial charge in [0.25, 0.3) is 0 Å². The Labute approximate surface area is 140 Å². The molecule has 5 heteroatoms. The van der Waals surface area contributed by atoms with E-state index in [-0.39, 0.29) is 0 Å². The predicted octanol–water partition coefficient (Wildman–Crippen LogP) is 5.07. The van der Waals surface area contributed by atoms with Crippen molar-refractivity contribution in [3.05, 3.63) is 41.2 Å². The highest BCUT2D eigenvalue weighted by Crippen LogP contribution is 2.29. The summed E-state index contributed by atoms with van der Waals surface area (Å²) in [5.74, 6) is 0.860. The molecule has 2 N–H and O–H groups in total. The number of hydrogen-bond acceptors (Lipinski definition) is 3. The van der Waals surface area contributed by atoms with E-state index >= 15 is 0 Å². The van der Waals surface area contributed by atoms with Gasteiger partial charge in [0.15, 0.2) is 5.82 Å². The Morgan fingerprint density at radius 2 is 2.17 bits per heavy atom. The fourth-order valence-corrected chi connectivity index (χ4v) is 3.44. The third-order valence-corrected chi connectivity index (χ3v) is 4.70. The van der Waals surface area contributed by atoms with Gasteiger partial charge in [0.05, 0.1) is 0 Å². The van der Waals surface area contributed by atoms with Crippen LogP contribution in [0.3, 0.4) is 0 Å². The molecular weight excluding hydrogens is 308 g/mol. The van der Waals surface area contributed by atoms with Crippen LogP contribution in [0, 0.1) is 0 Å². The number of nitrogens with one attached hydrogen (secondary N) is 2. The molecule has 0 fully saturated rings. The molecule has 0 bridgehead atoms. The molecule has 1 aliphatic rings. The Kier molecular flexibility index (Phi) is 3.92. The second-order valence-electron chi connectivity index (χ2n) is 6.05. The molecule has 0 aliphatic heterocycles. The number of benzene rings is 1. The highest BCUT2D eigenvalue weighted by atomic mass is 35.5. The minimum absolute atomic E-state index is 0.718. The maximum absolute atomic E-state index is 6.11. The molecule has 0 amide bonds. The van der Waals surface area contributed by atoms with E-state index in [1.54, 1.807) is 11.9 Å². The fraction of sp³-hybridized carbons (Fsp3) is 0.333. The van der Waals surface area contributed by atoms with Crippen LogP contribution in [0.25, 0.3) is 21.9 Å². The van der Waals surface area contributed by atoms with Crippen molar-refractivity contribution in [3.63, 3.8) is 0 Å². The number of H-pyrrole nitrogens is 1. The average Bonchev–Trinajstić information content (AvgIpc) is 2.95. The van der Waals surface area contributed by atoms with Crippen molar-refractivity contribution in [1.82, 2.24) is 15.0 Å². The van der Waals surface area contributed by atoms with Crippen LogP contribution in [0.2, 0.25) is 5.02 Å². The average molecular weight is 327 g/mol. The van der Waals surface area contributed by atoms with E-state index in [1.165, 1.54) is 25.7 Å². The maximum Gasteiger partial charge on any atom is 0.153 e. The summed E-state index contributed by atoms with van der Waals surface area (Å²) in [7, 11) is 0. The quantitative estimate of drug-likeness (QED) is 0.658. The van der Waals surface area contributed by atoms with Gasteiger partial charge in [0, 0.05) is 22.5 Å². The van der Waals surface area contributed by atoms with Gasteiger partial charge in [-0.3, -0.25) is 0 Å². The highest BCUT2D eigenvalue weighted by molar-refractivity contribution is 6.31. The van der Waals surface area contributed by atoms with E-state index in [0.29, 0.717) is 0 Å². The third kappa shape index (κ3) is 2.91. The fourth-order valence-electron chi connectivity index (χ4n) is 3.27. The molecule has 1 aromatic carbocycles. The number of fused-ring (bicyclic) bond motifs is 3. The molecule has 1 aliphatic carbocycles. The van der Waals surface area contributed by atoms with Crippen LogP contribution in [0.15, 0.2) is 36.2 Å². The number of hydrogen-bond donors (Lipinski definition) is 2. The van der Waals surface area contributed by atoms with Gasteiger partial charge < -0.3 is 10.3 Å². The lowest BCUT2D eigenvalue weighted by molar-refractivity contribution is 0.679. The second kappa shape index (κ2) is 6.20. The molecule has 4 rings (SSSR count). The Bertz CT molecular complexity index is 881. The summed E-state index contributed by atoms with van der Waals surface area (Å²) in [6.07, 6.45) is 10.2. The lowest BCUT2D eigenvalue weighted by Gasteiger charge is -2.13. The first kappa shape index (κ1) is 14.5. The van der Waals surface area contributed by atoms with Crippen molar-refractivity contribution < 1.29 is 0 Å². The van der Waals surface area contributed by atoms with E-state index in [0.717, 1.165) is 45.7 Å². The van der Waals surface area contributed by atoms with Crippen molar-refractivity contribution in [1.29, 1.82) is 0 Å². The number of nitrogens with zero attached hydrogens (tertiary/aromatic N) is 2. The molecule has 4 nitrogen and oxygen atoms in total. The zero-order valence-corrected chi connectivity index (χ0v) is 13.7. The van der Waals surface area contributed by atoms with Crippen LogP contribution in [0.5, 0.6) is 0 Å². The predicted molar refractivity (Wildman–Crippen MR) is 96.1 cm³/mol. The first-order chi connectivity index (χ1) is 11.3. The minimum atomic E-state index is 0.718. The summed E-state index contributed by atoms with van der Waals surface area (Å²) in [6.45, 7) is 0.897. The SMILES string of the molecule is Clc1ccc2[nH]c3c(NCCC4=CCCCC4)ncnc3c2c1. The summed E-state index contributed by atoms with van der Waals surface area (Å²) < 4.78 is 0. The van der Waals surface area contributed by atoms with Crippen molar-refractivity contribution >= 4 is 39.4 Å². The second-order valence-corrected chi connectivity index (χ2v) is 6.48. The van der Waals surface area contributed by atoms with Crippen LogP contribution < -0.4 is 5.32 Å². The topological polar surface area (TPSA) is 53.6 Å². The molecule has 0 spiro atoms. The summed E-state index contributed by atoms with van der Waals surface area (Å²) in [4.78, 5) is 12.2. The van der Waals surface area contributed by atoms with Crippen LogP contribution in [0.1, 0.15) is 32.1 Å². The molecule has 0 atom stereocenters. The van der Waals surface area contributed by atoms with Crippen LogP contribution in [-0.2, 0) is 0 Å². The van der Waals surface area contributed by atoms with Crippen LogP contribution in [-0.4, -0.2) is 21.5 Å². The van der Waals surface area contributed by atoms with Gasteiger partial charge in [0.1, 0.15) is 17.4 Å². The van der Waals surface area contributed by atoms with E-state index < -0.39 is 0 Å². The monoisotopic (exact) mass is 326 g/mol. The first-order valence-corrected chi connectivity index (χ1v) is 8.53. The number of halogens is 1. The number of anilines is 1. The lowest BCUT2D eigenvalue weighted by Crippen LogP contribution is -2.06. The Hall–Kier alpha value is -2.07. The van der Waals surface area contributed by atoms with Crippen molar-refractivity contribution in [3.8, 4) is 0 Å². The Balaban J connectivity index is 1.59. The first-order valence-electron chi connectivity index (χ1n) is 8.15. The standard InChI is InChI=1S/C18H19ClN4/c19-13-6-7-15-14(10-13)16-17(23-15)18(22-11-21-16)20-9-8-12-4-2-1-3-5-12/h4,6-7,10-11,23H,1-3,5,8-9H2,(H,20,21,22). The van der Waals surface area contributed by atoms with Crippen molar-refractivity contribution in [2.24, 2.45) is 0 Å². The summed E-state index contributed by atoms with van der Waals surface area (Å²) >= 11 is 6.11. The van der Waals surface area contributed by atoms with Crippen LogP contribution in [0.4, 0.5) is 5.82 Å². The molecule has 2 aromatic heterocycles. The molecule has 0 radical (unpaired) electrons. The minimum Gasteiger partial charge on any atom is -0.368 e. The summed E-state index contributed by atoms with van der Waals surface area (Å²) in [6, 6.07) is 5.81. The largest absolute Gasteiger partial charge is 0.368 e. The smallest absolute Gasteiger partial charge is 0.153 e. The summed E-state index contributed by atoms with van der Waals surface area (Å²) in [5.41, 5.74) is 4.46. The van der Waals surface area contributed by atoms with Gasteiger partial charge in [0.2, 0.25) is 0 Å². The van der Waals surface area contributed by atoms with Crippen LogP contribution >= 0.6 is 11.6 Å². The molecular formula is C18H19ClN4. The molecule has 23 heavy (non-hydrogen) atoms. The number of aromatic nitrogens is 3. The number of rotatable bonds is 4. The van der Waals surface area contributed by atoms with E-state index in [2.05, 4.69) is 26.3 Å². The van der Waals surface area contributed by atoms with Gasteiger partial charge in [-0.05, 0) is 50.3 Å². The molecule has 2 heterocycles. The molecule has 0 saturated heterocycles. The van der Waals surface area contributed by atoms with Crippen molar-refractivity contribution in [2.75, 3.05) is 11.9 Å². The van der Waals surface area contributed by atoms with Crippen molar-refractivity contribution in [2.45, 2.75) is 32.1 Å². The molecule has 3 aromatic rings. The van der Waals surface area contributed by atoms with E-state index in [9.17, 15) is 0 Å².